The van der Waals surface area contributed by atoms with Gasteiger partial charge in [-0.2, -0.15) is 0 Å². The number of nitrogens with one attached hydrogen (secondary N) is 1. The van der Waals surface area contributed by atoms with E-state index in [2.05, 4.69) is 5.32 Å². The minimum absolute atomic E-state index is 0.0912. The van der Waals surface area contributed by atoms with Gasteiger partial charge in [-0.05, 0) is 43.3 Å². The summed E-state index contributed by atoms with van der Waals surface area (Å²) < 4.78 is 0. The molecule has 0 saturated carbocycles. The van der Waals surface area contributed by atoms with Crippen LogP contribution in [-0.4, -0.2) is 29.0 Å². The number of likely N-dealkylation sites (tertiary alicyclic amines) is 1. The van der Waals surface area contributed by atoms with Crippen LogP contribution in [0.4, 0.5) is 5.69 Å². The van der Waals surface area contributed by atoms with Crippen LogP contribution in [0.15, 0.2) is 24.3 Å². The molecule has 1 aromatic rings. The number of nitrogens with zero attached hydrogens (tertiary/aromatic N) is 1. The molecule has 1 aliphatic heterocycles. The highest BCUT2D eigenvalue weighted by Crippen LogP contribution is 2.16. The molecule has 0 bridgehead atoms. The molecule has 0 spiro atoms. The summed E-state index contributed by atoms with van der Waals surface area (Å²) in [5, 5.41) is 3.06. The van der Waals surface area contributed by atoms with Crippen LogP contribution in [0.3, 0.4) is 0 Å². The Balaban J connectivity index is 2.11. The fourth-order valence-corrected chi connectivity index (χ4v) is 2.45. The van der Waals surface area contributed by atoms with Gasteiger partial charge in [-0.3, -0.25) is 4.79 Å². The van der Waals surface area contributed by atoms with Gasteiger partial charge in [0.2, 0.25) is 0 Å². The van der Waals surface area contributed by atoms with Crippen molar-refractivity contribution < 1.29 is 4.79 Å². The average molecular weight is 277 g/mol. The van der Waals surface area contributed by atoms with Crippen LogP contribution in [0.1, 0.15) is 36.0 Å². The highest BCUT2D eigenvalue weighted by atomic mass is 32.1. The smallest absolute Gasteiger partial charge is 0.253 e. The van der Waals surface area contributed by atoms with E-state index >= 15 is 0 Å². The molecule has 0 aliphatic carbocycles. The maximum Gasteiger partial charge on any atom is 0.253 e. The van der Waals surface area contributed by atoms with E-state index in [0.29, 0.717) is 5.56 Å². The molecule has 0 unspecified atom stereocenters. The second kappa shape index (κ2) is 6.52. The van der Waals surface area contributed by atoms with Crippen molar-refractivity contribution in [3.8, 4) is 0 Å². The first-order chi connectivity index (χ1) is 9.16. The zero-order valence-electron chi connectivity index (χ0n) is 10.9. The number of thiocarbonyl (C=S) groups is 1. The first-order valence-electron chi connectivity index (χ1n) is 6.62. The third-order valence-electron chi connectivity index (χ3n) is 3.27. The van der Waals surface area contributed by atoms with Crippen LogP contribution in [0, 0.1) is 0 Å². The van der Waals surface area contributed by atoms with E-state index in [-0.39, 0.29) is 11.0 Å². The summed E-state index contributed by atoms with van der Waals surface area (Å²) in [6, 6.07) is 7.31. The summed E-state index contributed by atoms with van der Waals surface area (Å²) >= 11 is 4.80. The van der Waals surface area contributed by atoms with Gasteiger partial charge in [0, 0.05) is 24.3 Å². The minimum Gasteiger partial charge on any atom is -0.376 e. The summed E-state index contributed by atoms with van der Waals surface area (Å²) in [6.07, 6.45) is 4.62. The van der Waals surface area contributed by atoms with E-state index in [0.717, 1.165) is 31.6 Å². The van der Waals surface area contributed by atoms with Gasteiger partial charge in [-0.1, -0.05) is 18.9 Å². The van der Waals surface area contributed by atoms with Crippen LogP contribution in [0.5, 0.6) is 0 Å². The number of carbonyl (C=O) groups is 1. The molecule has 1 fully saturated rings. The summed E-state index contributed by atoms with van der Waals surface area (Å²) in [5.74, 6) is 0.0912. The molecule has 19 heavy (non-hydrogen) atoms. The van der Waals surface area contributed by atoms with Crippen molar-refractivity contribution in [1.82, 2.24) is 4.90 Å². The molecule has 1 heterocycles. The molecule has 0 atom stereocenters. The fraction of sp³-hybridized carbons (Fsp3) is 0.429. The fourth-order valence-electron chi connectivity index (χ4n) is 2.33. The SMILES string of the molecule is NC(=S)Nc1cccc(C(=O)N2CCCCCC2)c1. The Bertz CT molecular complexity index is 468. The van der Waals surface area contributed by atoms with Gasteiger partial charge in [0.1, 0.15) is 0 Å². The van der Waals surface area contributed by atoms with Crippen molar-refractivity contribution >= 4 is 28.9 Å². The van der Waals surface area contributed by atoms with Crippen LogP contribution >= 0.6 is 12.2 Å². The Morgan fingerprint density at radius 3 is 2.53 bits per heavy atom. The Kier molecular flexibility index (Phi) is 4.74. The highest BCUT2D eigenvalue weighted by Gasteiger charge is 2.17. The Morgan fingerprint density at radius 1 is 1.21 bits per heavy atom. The molecule has 102 valence electrons. The van der Waals surface area contributed by atoms with Gasteiger partial charge in [0.15, 0.2) is 5.11 Å². The lowest BCUT2D eigenvalue weighted by Crippen LogP contribution is -2.31. The lowest BCUT2D eigenvalue weighted by molar-refractivity contribution is 0.0761. The monoisotopic (exact) mass is 277 g/mol. The molecule has 4 nitrogen and oxygen atoms in total. The molecule has 1 amide bonds. The molecule has 0 radical (unpaired) electrons. The second-order valence-electron chi connectivity index (χ2n) is 4.78. The van der Waals surface area contributed by atoms with E-state index in [9.17, 15) is 4.79 Å². The average Bonchev–Trinajstić information content (AvgIpc) is 2.66. The highest BCUT2D eigenvalue weighted by molar-refractivity contribution is 7.80. The summed E-state index contributed by atoms with van der Waals surface area (Å²) in [4.78, 5) is 14.4. The molecule has 3 N–H and O–H groups in total. The number of rotatable bonds is 2. The summed E-state index contributed by atoms with van der Waals surface area (Å²) in [7, 11) is 0. The molecule has 1 aliphatic rings. The van der Waals surface area contributed by atoms with Crippen LogP contribution in [0.2, 0.25) is 0 Å². The molecular weight excluding hydrogens is 258 g/mol. The lowest BCUT2D eigenvalue weighted by Gasteiger charge is -2.20. The van der Waals surface area contributed by atoms with Crippen molar-refractivity contribution in [3.05, 3.63) is 29.8 Å². The zero-order valence-corrected chi connectivity index (χ0v) is 11.7. The first-order valence-corrected chi connectivity index (χ1v) is 7.03. The lowest BCUT2D eigenvalue weighted by atomic mass is 10.1. The van der Waals surface area contributed by atoms with E-state index in [1.54, 1.807) is 6.07 Å². The first kappa shape index (κ1) is 13.8. The minimum atomic E-state index is 0.0912. The number of nitrogens with two attached hydrogens (primary N) is 1. The van der Waals surface area contributed by atoms with Gasteiger partial charge in [-0.15, -0.1) is 0 Å². The Hall–Kier alpha value is -1.62. The second-order valence-corrected chi connectivity index (χ2v) is 5.22. The number of anilines is 1. The van der Waals surface area contributed by atoms with Crippen LogP contribution < -0.4 is 11.1 Å². The summed E-state index contributed by atoms with van der Waals surface area (Å²) in [5.41, 5.74) is 6.88. The standard InChI is InChI=1S/C14H19N3OS/c15-14(19)16-12-7-5-6-11(10-12)13(18)17-8-3-1-2-4-9-17/h5-7,10H,1-4,8-9H2,(H3,15,16,19). The van der Waals surface area contributed by atoms with Gasteiger partial charge in [0.25, 0.3) is 5.91 Å². The third kappa shape index (κ3) is 3.92. The molecule has 0 aromatic heterocycles. The van der Waals surface area contributed by atoms with Crippen molar-refractivity contribution in [2.24, 2.45) is 5.73 Å². The number of hydrogen-bond donors (Lipinski definition) is 2. The van der Waals surface area contributed by atoms with E-state index < -0.39 is 0 Å². The van der Waals surface area contributed by atoms with Gasteiger partial charge < -0.3 is 16.0 Å². The Morgan fingerprint density at radius 2 is 1.89 bits per heavy atom. The van der Waals surface area contributed by atoms with E-state index in [1.165, 1.54) is 12.8 Å². The van der Waals surface area contributed by atoms with E-state index in [1.807, 2.05) is 23.1 Å². The molecule has 2 rings (SSSR count). The quantitative estimate of drug-likeness (QED) is 0.815. The molecule has 5 heteroatoms. The molecule has 1 saturated heterocycles. The summed E-state index contributed by atoms with van der Waals surface area (Å²) in [6.45, 7) is 1.71. The topological polar surface area (TPSA) is 58.4 Å². The number of amides is 1. The Labute approximate surface area is 119 Å². The van der Waals surface area contributed by atoms with Crippen molar-refractivity contribution in [1.29, 1.82) is 0 Å². The van der Waals surface area contributed by atoms with Gasteiger partial charge >= 0.3 is 0 Å². The number of benzene rings is 1. The molecule has 1 aromatic carbocycles. The van der Waals surface area contributed by atoms with Crippen molar-refractivity contribution in [2.75, 3.05) is 18.4 Å². The predicted molar refractivity (Wildman–Crippen MR) is 81.2 cm³/mol. The largest absolute Gasteiger partial charge is 0.376 e. The zero-order chi connectivity index (χ0) is 13.7. The third-order valence-corrected chi connectivity index (χ3v) is 3.37. The van der Waals surface area contributed by atoms with Gasteiger partial charge in [-0.25, -0.2) is 0 Å². The maximum absolute atomic E-state index is 12.4. The van der Waals surface area contributed by atoms with Crippen LogP contribution in [0.25, 0.3) is 0 Å². The predicted octanol–water partition coefficient (Wildman–Crippen LogP) is 2.36. The molecular formula is C14H19N3OS. The van der Waals surface area contributed by atoms with Crippen molar-refractivity contribution in [2.45, 2.75) is 25.7 Å². The number of hydrogen-bond acceptors (Lipinski definition) is 2. The van der Waals surface area contributed by atoms with E-state index in [4.69, 9.17) is 18.0 Å². The van der Waals surface area contributed by atoms with Crippen molar-refractivity contribution in [3.63, 3.8) is 0 Å². The van der Waals surface area contributed by atoms with Gasteiger partial charge in [0.05, 0.1) is 0 Å². The maximum atomic E-state index is 12.4. The number of carbonyl (C=O) groups excluding carboxylic acids is 1. The normalized spacial score (nSPS) is 15.7. The van der Waals surface area contributed by atoms with Crippen LogP contribution in [-0.2, 0) is 0 Å².